The third-order valence-electron chi connectivity index (χ3n) is 6.98. The van der Waals surface area contributed by atoms with E-state index in [1.165, 1.54) is 35.2 Å². The number of amides is 2. The van der Waals surface area contributed by atoms with E-state index in [0.29, 0.717) is 16.3 Å². The van der Waals surface area contributed by atoms with Crippen LogP contribution >= 0.6 is 23.2 Å². The first-order chi connectivity index (χ1) is 21.5. The zero-order valence-corrected chi connectivity index (χ0v) is 27.5. The van der Waals surface area contributed by atoms with E-state index in [2.05, 4.69) is 5.32 Å². The molecule has 2 amide bonds. The molecule has 0 spiro atoms. The van der Waals surface area contributed by atoms with Gasteiger partial charge in [-0.3, -0.25) is 13.9 Å². The van der Waals surface area contributed by atoms with Gasteiger partial charge in [0.15, 0.2) is 0 Å². The summed E-state index contributed by atoms with van der Waals surface area (Å²) in [6, 6.07) is 27.5. The molecule has 4 aromatic carbocycles. The normalized spacial score (nSPS) is 12.0. The Balaban J connectivity index is 1.83. The summed E-state index contributed by atoms with van der Waals surface area (Å²) < 4.78 is 34.5. The Labute approximate surface area is 274 Å². The Kier molecular flexibility index (Phi) is 11.5. The first-order valence-electron chi connectivity index (χ1n) is 14.3. The second-order valence-electron chi connectivity index (χ2n) is 10.7. The number of methoxy groups -OCH3 is 1. The van der Waals surface area contributed by atoms with Crippen LogP contribution in [0.25, 0.3) is 0 Å². The van der Waals surface area contributed by atoms with Gasteiger partial charge in [0.1, 0.15) is 18.3 Å². The topological polar surface area (TPSA) is 96.0 Å². The van der Waals surface area contributed by atoms with Crippen molar-refractivity contribution in [1.82, 2.24) is 10.2 Å². The first kappa shape index (κ1) is 33.8. The Morgan fingerprint density at radius 3 is 2.11 bits per heavy atom. The Hall–Kier alpha value is -4.05. The van der Waals surface area contributed by atoms with E-state index in [1.807, 2.05) is 50.2 Å². The summed E-state index contributed by atoms with van der Waals surface area (Å²) in [6.45, 7) is 3.04. The fourth-order valence-electron chi connectivity index (χ4n) is 4.82. The molecule has 0 aromatic heterocycles. The lowest BCUT2D eigenvalue weighted by Gasteiger charge is -2.34. The van der Waals surface area contributed by atoms with Crippen molar-refractivity contribution < 1.29 is 22.7 Å². The Morgan fingerprint density at radius 1 is 0.844 bits per heavy atom. The molecule has 236 valence electrons. The average molecular weight is 669 g/mol. The number of carbonyl (C=O) groups excluding carboxylic acids is 2. The van der Waals surface area contributed by atoms with Crippen LogP contribution in [-0.2, 0) is 32.6 Å². The maximum absolute atomic E-state index is 14.5. The highest BCUT2D eigenvalue weighted by Gasteiger charge is 2.35. The highest BCUT2D eigenvalue weighted by atomic mass is 35.5. The molecule has 0 unspecified atom stereocenters. The molecule has 45 heavy (non-hydrogen) atoms. The maximum Gasteiger partial charge on any atom is 0.264 e. The fourth-order valence-corrected chi connectivity index (χ4v) is 6.83. The molecule has 1 N–H and O–H groups in total. The van der Waals surface area contributed by atoms with E-state index in [9.17, 15) is 18.0 Å². The van der Waals surface area contributed by atoms with E-state index >= 15 is 0 Å². The second kappa shape index (κ2) is 15.3. The summed E-state index contributed by atoms with van der Waals surface area (Å²) in [6.07, 6.45) is 0.197. The highest BCUT2D eigenvalue weighted by Crippen LogP contribution is 2.33. The van der Waals surface area contributed by atoms with Crippen molar-refractivity contribution in [2.75, 3.05) is 18.0 Å². The molecule has 0 radical (unpaired) electrons. The molecule has 0 saturated heterocycles. The van der Waals surface area contributed by atoms with Gasteiger partial charge in [-0.2, -0.15) is 0 Å². The number of carbonyl (C=O) groups is 2. The minimum absolute atomic E-state index is 0.00657. The zero-order valence-electron chi connectivity index (χ0n) is 25.2. The molecule has 0 saturated carbocycles. The lowest BCUT2D eigenvalue weighted by molar-refractivity contribution is -0.140. The van der Waals surface area contributed by atoms with E-state index in [4.69, 9.17) is 27.9 Å². The fraction of sp³-hybridized carbons (Fsp3) is 0.235. The molecule has 11 heteroatoms. The summed E-state index contributed by atoms with van der Waals surface area (Å²) in [5.41, 5.74) is 1.60. The minimum atomic E-state index is -4.29. The number of rotatable bonds is 13. The van der Waals surface area contributed by atoms with Crippen LogP contribution in [0, 0.1) is 0 Å². The van der Waals surface area contributed by atoms with Crippen molar-refractivity contribution in [1.29, 1.82) is 0 Å². The van der Waals surface area contributed by atoms with Crippen molar-refractivity contribution in [3.05, 3.63) is 124 Å². The van der Waals surface area contributed by atoms with E-state index in [0.717, 1.165) is 9.87 Å². The Bertz CT molecular complexity index is 1720. The molecule has 8 nitrogen and oxygen atoms in total. The summed E-state index contributed by atoms with van der Waals surface area (Å²) >= 11 is 12.7. The highest BCUT2D eigenvalue weighted by molar-refractivity contribution is 7.92. The lowest BCUT2D eigenvalue weighted by Crippen LogP contribution is -2.54. The van der Waals surface area contributed by atoms with Gasteiger partial charge in [0.2, 0.25) is 11.8 Å². The summed E-state index contributed by atoms with van der Waals surface area (Å²) in [5, 5.41) is 3.29. The third kappa shape index (κ3) is 8.78. The minimum Gasteiger partial charge on any atom is -0.497 e. The SMILES string of the molecule is COc1cccc(CN(C(=O)CN(c2ccc(Cl)cc2Cl)S(=O)(=O)c2ccccc2)[C@@H](Cc2ccccc2)C(=O)NC(C)C)c1. The number of benzene rings is 4. The third-order valence-corrected chi connectivity index (χ3v) is 9.29. The van der Waals surface area contributed by atoms with E-state index in [-0.39, 0.29) is 40.5 Å². The van der Waals surface area contributed by atoms with Gasteiger partial charge < -0.3 is 15.0 Å². The van der Waals surface area contributed by atoms with E-state index < -0.39 is 28.5 Å². The molecule has 4 rings (SSSR count). The molecule has 0 aliphatic rings. The maximum atomic E-state index is 14.5. The molecule has 4 aromatic rings. The van der Waals surface area contributed by atoms with Gasteiger partial charge in [-0.1, -0.05) is 83.9 Å². The molecule has 0 heterocycles. The molecular weight excluding hydrogens is 633 g/mol. The predicted molar refractivity (Wildman–Crippen MR) is 178 cm³/mol. The lowest BCUT2D eigenvalue weighted by atomic mass is 10.0. The van der Waals surface area contributed by atoms with Gasteiger partial charge >= 0.3 is 0 Å². The predicted octanol–water partition coefficient (Wildman–Crippen LogP) is 6.36. The van der Waals surface area contributed by atoms with Gasteiger partial charge in [-0.05, 0) is 67.4 Å². The first-order valence-corrected chi connectivity index (χ1v) is 16.5. The monoisotopic (exact) mass is 667 g/mol. The summed E-state index contributed by atoms with van der Waals surface area (Å²) in [5.74, 6) is -0.400. The number of anilines is 1. The summed E-state index contributed by atoms with van der Waals surface area (Å²) in [4.78, 5) is 29.7. The van der Waals surface area contributed by atoms with Crippen molar-refractivity contribution >= 4 is 50.7 Å². The van der Waals surface area contributed by atoms with Gasteiger partial charge in [-0.25, -0.2) is 8.42 Å². The molecule has 0 fully saturated rings. The van der Waals surface area contributed by atoms with Crippen LogP contribution in [-0.4, -0.2) is 50.9 Å². The number of nitrogens with one attached hydrogen (secondary N) is 1. The zero-order chi connectivity index (χ0) is 32.6. The van der Waals surface area contributed by atoms with Crippen molar-refractivity contribution in [2.45, 2.75) is 43.8 Å². The van der Waals surface area contributed by atoms with Gasteiger partial charge in [0.25, 0.3) is 10.0 Å². The smallest absolute Gasteiger partial charge is 0.264 e. The summed E-state index contributed by atoms with van der Waals surface area (Å²) in [7, 11) is -2.75. The van der Waals surface area contributed by atoms with Crippen LogP contribution in [0.1, 0.15) is 25.0 Å². The average Bonchev–Trinajstić information content (AvgIpc) is 3.02. The Morgan fingerprint density at radius 2 is 1.49 bits per heavy atom. The number of halogens is 2. The van der Waals surface area contributed by atoms with Crippen molar-refractivity contribution in [2.24, 2.45) is 0 Å². The number of sulfonamides is 1. The number of ether oxygens (including phenoxy) is 1. The molecule has 1 atom stereocenters. The molecule has 0 bridgehead atoms. The number of hydrogen-bond donors (Lipinski definition) is 1. The van der Waals surface area contributed by atoms with Crippen LogP contribution in [0.15, 0.2) is 108 Å². The van der Waals surface area contributed by atoms with Crippen LogP contribution in [0.2, 0.25) is 10.0 Å². The van der Waals surface area contributed by atoms with Crippen molar-refractivity contribution in [3.8, 4) is 5.75 Å². The van der Waals surface area contributed by atoms with Crippen LogP contribution in [0.3, 0.4) is 0 Å². The van der Waals surface area contributed by atoms with Crippen LogP contribution < -0.4 is 14.4 Å². The second-order valence-corrected chi connectivity index (χ2v) is 13.4. The van der Waals surface area contributed by atoms with Gasteiger partial charge in [-0.15, -0.1) is 0 Å². The largest absolute Gasteiger partial charge is 0.497 e. The molecule has 0 aliphatic heterocycles. The van der Waals surface area contributed by atoms with E-state index in [1.54, 1.807) is 43.5 Å². The standard InChI is InChI=1S/C34H35Cl2N3O5S/c1-24(2)37-34(41)32(20-25-11-6-4-7-12-25)38(22-26-13-10-14-28(19-26)44-3)33(40)23-39(31-18-17-27(35)21-30(31)36)45(42,43)29-15-8-5-9-16-29/h4-19,21,24,32H,20,22-23H2,1-3H3,(H,37,41)/t32-/m0/s1. The number of hydrogen-bond acceptors (Lipinski definition) is 5. The quantitative estimate of drug-likeness (QED) is 0.179. The molecule has 0 aliphatic carbocycles. The molecular formula is C34H35Cl2N3O5S. The number of nitrogens with zero attached hydrogens (tertiary/aromatic N) is 2. The van der Waals surface area contributed by atoms with Gasteiger partial charge in [0.05, 0.1) is 22.7 Å². The van der Waals surface area contributed by atoms with Crippen molar-refractivity contribution in [3.63, 3.8) is 0 Å². The van der Waals surface area contributed by atoms with Crippen LogP contribution in [0.4, 0.5) is 5.69 Å². The van der Waals surface area contributed by atoms with Crippen LogP contribution in [0.5, 0.6) is 5.75 Å². The van der Waals surface area contributed by atoms with Gasteiger partial charge in [0, 0.05) is 24.0 Å².